The van der Waals surface area contributed by atoms with Crippen LogP contribution in [0.3, 0.4) is 0 Å². The zero-order valence-corrected chi connectivity index (χ0v) is 12.0. The van der Waals surface area contributed by atoms with Crippen molar-refractivity contribution < 1.29 is 9.18 Å². The van der Waals surface area contributed by atoms with Crippen LogP contribution in [0.1, 0.15) is 29.6 Å². The molecule has 0 heterocycles. The fourth-order valence-electron chi connectivity index (χ4n) is 2.58. The number of hydrogen-bond donors (Lipinski definition) is 1. The average Bonchev–Trinajstić information content (AvgIpc) is 2.86. The Kier molecular flexibility index (Phi) is 5.06. The lowest BCUT2D eigenvalue weighted by Crippen LogP contribution is -2.31. The predicted octanol–water partition coefficient (Wildman–Crippen LogP) is 3.86. The van der Waals surface area contributed by atoms with Gasteiger partial charge in [-0.05, 0) is 36.8 Å². The summed E-state index contributed by atoms with van der Waals surface area (Å²) in [4.78, 5) is 12.0. The molecule has 1 fully saturated rings. The second-order valence-electron chi connectivity index (χ2n) is 4.92. The number of hydrogen-bond acceptors (Lipinski definition) is 1. The molecule has 2 unspecified atom stereocenters. The third kappa shape index (κ3) is 3.40. The molecule has 0 bridgehead atoms. The van der Waals surface area contributed by atoms with E-state index < -0.39 is 5.82 Å². The van der Waals surface area contributed by atoms with Crippen LogP contribution >= 0.6 is 23.2 Å². The van der Waals surface area contributed by atoms with E-state index >= 15 is 0 Å². The van der Waals surface area contributed by atoms with Gasteiger partial charge in [-0.1, -0.05) is 24.1 Å². The lowest BCUT2D eigenvalue weighted by atomic mass is 9.98. The van der Waals surface area contributed by atoms with Crippen LogP contribution in [0, 0.1) is 17.7 Å². The first-order chi connectivity index (χ1) is 9.13. The Labute approximate surface area is 122 Å². The second-order valence-corrected chi connectivity index (χ2v) is 5.60. The average molecular weight is 304 g/mol. The summed E-state index contributed by atoms with van der Waals surface area (Å²) in [6.07, 6.45) is 3.35. The number of rotatable bonds is 4. The minimum absolute atomic E-state index is 0.125. The molecule has 104 valence electrons. The molecule has 1 N–H and O–H groups in total. The van der Waals surface area contributed by atoms with Gasteiger partial charge in [-0.3, -0.25) is 4.79 Å². The second kappa shape index (κ2) is 6.58. The molecular formula is C14H16Cl2FNO. The van der Waals surface area contributed by atoms with Crippen LogP contribution in [0.4, 0.5) is 4.39 Å². The molecule has 0 saturated heterocycles. The molecule has 1 aliphatic rings. The van der Waals surface area contributed by atoms with Crippen molar-refractivity contribution in [1.82, 2.24) is 5.32 Å². The summed E-state index contributed by atoms with van der Waals surface area (Å²) >= 11 is 11.7. The maximum atomic E-state index is 13.3. The van der Waals surface area contributed by atoms with Crippen LogP contribution in [-0.2, 0) is 0 Å². The number of carbonyl (C=O) groups is 1. The third-order valence-corrected chi connectivity index (χ3v) is 4.52. The molecule has 1 amide bonds. The van der Waals surface area contributed by atoms with Crippen LogP contribution in [-0.4, -0.2) is 18.3 Å². The molecule has 2 atom stereocenters. The van der Waals surface area contributed by atoms with E-state index in [0.29, 0.717) is 24.3 Å². The zero-order chi connectivity index (χ0) is 13.8. The number of amides is 1. The Morgan fingerprint density at radius 1 is 1.37 bits per heavy atom. The summed E-state index contributed by atoms with van der Waals surface area (Å²) in [6.45, 7) is 0.572. The molecule has 0 spiro atoms. The first-order valence-electron chi connectivity index (χ1n) is 6.41. The van der Waals surface area contributed by atoms with Crippen LogP contribution in [0.15, 0.2) is 18.2 Å². The lowest BCUT2D eigenvalue weighted by Gasteiger charge is -2.17. The largest absolute Gasteiger partial charge is 0.352 e. The lowest BCUT2D eigenvalue weighted by molar-refractivity contribution is 0.0944. The Morgan fingerprint density at radius 2 is 2.11 bits per heavy atom. The summed E-state index contributed by atoms with van der Waals surface area (Å²) in [5.74, 6) is 0.596. The van der Waals surface area contributed by atoms with Crippen molar-refractivity contribution in [3.05, 3.63) is 34.6 Å². The molecule has 1 aromatic rings. The van der Waals surface area contributed by atoms with Gasteiger partial charge in [0.2, 0.25) is 0 Å². The van der Waals surface area contributed by atoms with Gasteiger partial charge < -0.3 is 5.32 Å². The summed E-state index contributed by atoms with van der Waals surface area (Å²) in [5.41, 5.74) is 0.182. The van der Waals surface area contributed by atoms with Crippen LogP contribution in [0.5, 0.6) is 0 Å². The first-order valence-corrected chi connectivity index (χ1v) is 7.33. The smallest absolute Gasteiger partial charge is 0.252 e. The maximum Gasteiger partial charge on any atom is 0.252 e. The van der Waals surface area contributed by atoms with E-state index in [1.165, 1.54) is 18.2 Å². The Hall–Kier alpha value is -0.800. The number of nitrogens with one attached hydrogen (secondary N) is 1. The molecule has 2 nitrogen and oxygen atoms in total. The first kappa shape index (κ1) is 14.6. The number of carbonyl (C=O) groups excluding carboxylic acids is 1. The van der Waals surface area contributed by atoms with Crippen molar-refractivity contribution in [1.29, 1.82) is 0 Å². The van der Waals surface area contributed by atoms with E-state index in [-0.39, 0.29) is 16.5 Å². The molecule has 0 aliphatic heterocycles. The van der Waals surface area contributed by atoms with Gasteiger partial charge in [0, 0.05) is 12.4 Å². The van der Waals surface area contributed by atoms with E-state index in [9.17, 15) is 9.18 Å². The van der Waals surface area contributed by atoms with Gasteiger partial charge in [0.1, 0.15) is 5.82 Å². The Morgan fingerprint density at radius 3 is 2.84 bits per heavy atom. The highest BCUT2D eigenvalue weighted by Crippen LogP contribution is 2.32. The monoisotopic (exact) mass is 303 g/mol. The molecule has 19 heavy (non-hydrogen) atoms. The molecule has 1 aliphatic carbocycles. The van der Waals surface area contributed by atoms with E-state index in [2.05, 4.69) is 5.32 Å². The minimum atomic E-state index is -0.575. The van der Waals surface area contributed by atoms with Crippen molar-refractivity contribution >= 4 is 29.1 Å². The summed E-state index contributed by atoms with van der Waals surface area (Å²) in [7, 11) is 0. The van der Waals surface area contributed by atoms with Gasteiger partial charge in [0.25, 0.3) is 5.91 Å². The van der Waals surface area contributed by atoms with Gasteiger partial charge in [0.15, 0.2) is 0 Å². The van der Waals surface area contributed by atoms with Crippen molar-refractivity contribution in [3.8, 4) is 0 Å². The number of benzene rings is 1. The summed E-state index contributed by atoms with van der Waals surface area (Å²) in [6, 6.07) is 4.24. The van der Waals surface area contributed by atoms with Crippen LogP contribution in [0.25, 0.3) is 0 Å². The summed E-state index contributed by atoms with van der Waals surface area (Å²) in [5, 5.41) is 2.70. The van der Waals surface area contributed by atoms with E-state index in [4.69, 9.17) is 23.2 Å². The van der Waals surface area contributed by atoms with Gasteiger partial charge in [-0.15, -0.1) is 11.6 Å². The highest BCUT2D eigenvalue weighted by Gasteiger charge is 2.27. The predicted molar refractivity (Wildman–Crippen MR) is 75.3 cm³/mol. The van der Waals surface area contributed by atoms with Gasteiger partial charge >= 0.3 is 0 Å². The molecule has 2 rings (SSSR count). The minimum Gasteiger partial charge on any atom is -0.352 e. The normalized spacial score (nSPS) is 22.5. The maximum absolute atomic E-state index is 13.3. The van der Waals surface area contributed by atoms with Gasteiger partial charge in [0.05, 0.1) is 10.6 Å². The molecular weight excluding hydrogens is 288 g/mol. The highest BCUT2D eigenvalue weighted by molar-refractivity contribution is 6.34. The van der Waals surface area contributed by atoms with Crippen molar-refractivity contribution in [2.45, 2.75) is 19.3 Å². The topological polar surface area (TPSA) is 29.1 Å². The molecule has 5 heteroatoms. The molecule has 0 radical (unpaired) electrons. The standard InChI is InChI=1S/C14H16Cl2FNO/c15-7-9-3-1-4-10(9)8-18-14(19)11-5-2-6-12(17)13(11)16/h2,5-6,9-10H,1,3-4,7-8H2,(H,18,19). The summed E-state index contributed by atoms with van der Waals surface area (Å²) < 4.78 is 13.3. The highest BCUT2D eigenvalue weighted by atomic mass is 35.5. The van der Waals surface area contributed by atoms with E-state index in [0.717, 1.165) is 19.3 Å². The van der Waals surface area contributed by atoms with Gasteiger partial charge in [-0.2, -0.15) is 0 Å². The fourth-order valence-corrected chi connectivity index (χ4v) is 3.20. The van der Waals surface area contributed by atoms with E-state index in [1.54, 1.807) is 0 Å². The van der Waals surface area contributed by atoms with Crippen LogP contribution < -0.4 is 5.32 Å². The Balaban J connectivity index is 1.96. The fraction of sp³-hybridized carbons (Fsp3) is 0.500. The molecule has 1 aromatic carbocycles. The quantitative estimate of drug-likeness (QED) is 0.841. The van der Waals surface area contributed by atoms with E-state index in [1.807, 2.05) is 0 Å². The number of alkyl halides is 1. The SMILES string of the molecule is O=C(NCC1CCCC1CCl)c1cccc(F)c1Cl. The zero-order valence-electron chi connectivity index (χ0n) is 10.5. The van der Waals surface area contributed by atoms with Crippen molar-refractivity contribution in [2.24, 2.45) is 11.8 Å². The van der Waals surface area contributed by atoms with Gasteiger partial charge in [-0.25, -0.2) is 4.39 Å². The molecule has 0 aromatic heterocycles. The Bertz CT molecular complexity index is 467. The number of halogens is 3. The van der Waals surface area contributed by atoms with Crippen molar-refractivity contribution in [2.75, 3.05) is 12.4 Å². The third-order valence-electron chi connectivity index (χ3n) is 3.74. The van der Waals surface area contributed by atoms with Crippen molar-refractivity contribution in [3.63, 3.8) is 0 Å². The van der Waals surface area contributed by atoms with Crippen LogP contribution in [0.2, 0.25) is 5.02 Å². The molecule has 1 saturated carbocycles.